The molecular formula is C14H17NO. The van der Waals surface area contributed by atoms with Gasteiger partial charge in [0.05, 0.1) is 0 Å². The first-order valence-electron chi connectivity index (χ1n) is 5.85. The average molecular weight is 215 g/mol. The van der Waals surface area contributed by atoms with E-state index in [4.69, 9.17) is 10.2 Å². The van der Waals surface area contributed by atoms with E-state index in [9.17, 15) is 0 Å². The lowest BCUT2D eigenvalue weighted by Crippen LogP contribution is -2.24. The Labute approximate surface area is 95.4 Å². The average Bonchev–Trinajstić information content (AvgIpc) is 2.90. The molecular weight excluding hydrogens is 198 g/mol. The summed E-state index contributed by atoms with van der Waals surface area (Å²) in [6.45, 7) is 4.13. The summed E-state index contributed by atoms with van der Waals surface area (Å²) in [4.78, 5) is 0. The SMILES string of the molecule is Cc1oc2ccc(CC3(N)CC3)cc2c1C. The summed E-state index contributed by atoms with van der Waals surface area (Å²) in [6.07, 6.45) is 3.31. The number of aryl methyl sites for hydroxylation is 2. The molecule has 1 aromatic heterocycles. The van der Waals surface area contributed by atoms with Crippen LogP contribution in [0.15, 0.2) is 22.6 Å². The maximum atomic E-state index is 6.14. The molecule has 0 amide bonds. The van der Waals surface area contributed by atoms with Gasteiger partial charge in [0.25, 0.3) is 0 Å². The van der Waals surface area contributed by atoms with Crippen LogP contribution in [0.3, 0.4) is 0 Å². The molecule has 1 heterocycles. The highest BCUT2D eigenvalue weighted by atomic mass is 16.3. The second-order valence-electron chi connectivity index (χ2n) is 5.15. The molecule has 1 aliphatic rings. The molecule has 2 nitrogen and oxygen atoms in total. The largest absolute Gasteiger partial charge is 0.461 e. The van der Waals surface area contributed by atoms with E-state index >= 15 is 0 Å². The number of rotatable bonds is 2. The van der Waals surface area contributed by atoms with E-state index in [1.807, 2.05) is 6.92 Å². The highest BCUT2D eigenvalue weighted by Gasteiger charge is 2.37. The standard InChI is InChI=1S/C14H17NO/c1-9-10(2)16-13-4-3-11(7-12(9)13)8-14(15)5-6-14/h3-4,7H,5-6,8,15H2,1-2H3. The predicted octanol–water partition coefficient (Wildman–Crippen LogP) is 3.08. The van der Waals surface area contributed by atoms with Gasteiger partial charge in [0, 0.05) is 10.9 Å². The highest BCUT2D eigenvalue weighted by Crippen LogP contribution is 2.36. The molecule has 0 unspecified atom stereocenters. The number of benzene rings is 1. The Morgan fingerprint density at radius 1 is 1.31 bits per heavy atom. The molecule has 0 atom stereocenters. The normalized spacial score (nSPS) is 17.9. The molecule has 2 N–H and O–H groups in total. The summed E-state index contributed by atoms with van der Waals surface area (Å²) in [6, 6.07) is 6.43. The number of nitrogens with two attached hydrogens (primary N) is 1. The van der Waals surface area contributed by atoms with Crippen molar-refractivity contribution >= 4 is 11.0 Å². The van der Waals surface area contributed by atoms with Crippen molar-refractivity contribution in [3.8, 4) is 0 Å². The molecule has 1 aliphatic carbocycles. The van der Waals surface area contributed by atoms with Gasteiger partial charge < -0.3 is 10.2 Å². The molecule has 0 bridgehead atoms. The van der Waals surface area contributed by atoms with Gasteiger partial charge in [-0.25, -0.2) is 0 Å². The van der Waals surface area contributed by atoms with Gasteiger partial charge in [-0.3, -0.25) is 0 Å². The topological polar surface area (TPSA) is 39.2 Å². The molecule has 0 spiro atoms. The Morgan fingerprint density at radius 2 is 2.06 bits per heavy atom. The van der Waals surface area contributed by atoms with Gasteiger partial charge in [-0.2, -0.15) is 0 Å². The van der Waals surface area contributed by atoms with E-state index in [-0.39, 0.29) is 5.54 Å². The van der Waals surface area contributed by atoms with Gasteiger partial charge in [0.1, 0.15) is 11.3 Å². The fraction of sp³-hybridized carbons (Fsp3) is 0.429. The van der Waals surface area contributed by atoms with Crippen LogP contribution in [0.25, 0.3) is 11.0 Å². The number of furan rings is 1. The highest BCUT2D eigenvalue weighted by molar-refractivity contribution is 5.82. The van der Waals surface area contributed by atoms with Crippen molar-refractivity contribution in [2.75, 3.05) is 0 Å². The lowest BCUT2D eigenvalue weighted by Gasteiger charge is -2.08. The van der Waals surface area contributed by atoms with Gasteiger partial charge in [-0.05, 0) is 56.4 Å². The summed E-state index contributed by atoms with van der Waals surface area (Å²) in [5.74, 6) is 1.01. The maximum Gasteiger partial charge on any atom is 0.134 e. The summed E-state index contributed by atoms with van der Waals surface area (Å²) in [5, 5.41) is 1.24. The third-order valence-electron chi connectivity index (χ3n) is 3.69. The predicted molar refractivity (Wildman–Crippen MR) is 65.5 cm³/mol. The van der Waals surface area contributed by atoms with Crippen LogP contribution in [0.2, 0.25) is 0 Å². The molecule has 1 fully saturated rings. The lowest BCUT2D eigenvalue weighted by molar-refractivity contribution is 0.575. The van der Waals surface area contributed by atoms with Crippen LogP contribution in [0.4, 0.5) is 0 Å². The first-order chi connectivity index (χ1) is 7.57. The van der Waals surface area contributed by atoms with Crippen molar-refractivity contribution in [1.29, 1.82) is 0 Å². The van der Waals surface area contributed by atoms with E-state index < -0.39 is 0 Å². The molecule has 0 radical (unpaired) electrons. The summed E-state index contributed by atoms with van der Waals surface area (Å²) in [5.41, 5.74) is 9.79. The van der Waals surface area contributed by atoms with Crippen molar-refractivity contribution in [2.24, 2.45) is 5.73 Å². The minimum absolute atomic E-state index is 0.0837. The molecule has 16 heavy (non-hydrogen) atoms. The second-order valence-corrected chi connectivity index (χ2v) is 5.15. The van der Waals surface area contributed by atoms with Gasteiger partial charge >= 0.3 is 0 Å². The minimum atomic E-state index is 0.0837. The third kappa shape index (κ3) is 1.54. The lowest BCUT2D eigenvalue weighted by atomic mass is 10.0. The van der Waals surface area contributed by atoms with Gasteiger partial charge in [-0.1, -0.05) is 6.07 Å². The molecule has 1 saturated carbocycles. The zero-order valence-corrected chi connectivity index (χ0v) is 9.84. The molecule has 84 valence electrons. The van der Waals surface area contributed by atoms with Crippen LogP contribution in [0, 0.1) is 13.8 Å². The van der Waals surface area contributed by atoms with Crippen LogP contribution >= 0.6 is 0 Å². The number of hydrogen-bond donors (Lipinski definition) is 1. The van der Waals surface area contributed by atoms with Crippen LogP contribution in [0.1, 0.15) is 29.7 Å². The molecule has 3 rings (SSSR count). The van der Waals surface area contributed by atoms with Crippen LogP contribution in [-0.2, 0) is 6.42 Å². The Morgan fingerprint density at radius 3 is 2.75 bits per heavy atom. The fourth-order valence-corrected chi connectivity index (χ4v) is 2.24. The summed E-state index contributed by atoms with van der Waals surface area (Å²) >= 11 is 0. The van der Waals surface area contributed by atoms with E-state index in [0.717, 1.165) is 30.6 Å². The fourth-order valence-electron chi connectivity index (χ4n) is 2.24. The number of hydrogen-bond acceptors (Lipinski definition) is 2. The zero-order chi connectivity index (χ0) is 11.3. The summed E-state index contributed by atoms with van der Waals surface area (Å²) in [7, 11) is 0. The Bertz CT molecular complexity index is 549. The third-order valence-corrected chi connectivity index (χ3v) is 3.69. The van der Waals surface area contributed by atoms with Crippen LogP contribution < -0.4 is 5.73 Å². The van der Waals surface area contributed by atoms with E-state index in [2.05, 4.69) is 25.1 Å². The maximum absolute atomic E-state index is 6.14. The first kappa shape index (κ1) is 9.91. The van der Waals surface area contributed by atoms with Crippen LogP contribution in [-0.4, -0.2) is 5.54 Å². The Balaban J connectivity index is 2.04. The smallest absolute Gasteiger partial charge is 0.134 e. The van der Waals surface area contributed by atoms with Crippen molar-refractivity contribution in [1.82, 2.24) is 0 Å². The Kier molecular flexibility index (Phi) is 1.93. The van der Waals surface area contributed by atoms with Gasteiger partial charge in [0.15, 0.2) is 0 Å². The van der Waals surface area contributed by atoms with Crippen LogP contribution in [0.5, 0.6) is 0 Å². The zero-order valence-electron chi connectivity index (χ0n) is 9.84. The van der Waals surface area contributed by atoms with Gasteiger partial charge in [-0.15, -0.1) is 0 Å². The number of fused-ring (bicyclic) bond motifs is 1. The van der Waals surface area contributed by atoms with E-state index in [0.29, 0.717) is 0 Å². The van der Waals surface area contributed by atoms with E-state index in [1.54, 1.807) is 0 Å². The van der Waals surface area contributed by atoms with Gasteiger partial charge in [0.2, 0.25) is 0 Å². The molecule has 2 aromatic rings. The minimum Gasteiger partial charge on any atom is -0.461 e. The van der Waals surface area contributed by atoms with Crippen molar-refractivity contribution < 1.29 is 4.42 Å². The first-order valence-corrected chi connectivity index (χ1v) is 5.85. The van der Waals surface area contributed by atoms with Crippen molar-refractivity contribution in [2.45, 2.75) is 38.6 Å². The van der Waals surface area contributed by atoms with Crippen molar-refractivity contribution in [3.05, 3.63) is 35.1 Å². The monoisotopic (exact) mass is 215 g/mol. The quantitative estimate of drug-likeness (QED) is 0.836. The Hall–Kier alpha value is -1.28. The van der Waals surface area contributed by atoms with Crippen molar-refractivity contribution in [3.63, 3.8) is 0 Å². The molecule has 0 aliphatic heterocycles. The summed E-state index contributed by atoms with van der Waals surface area (Å²) < 4.78 is 5.67. The second kappa shape index (κ2) is 3.11. The van der Waals surface area contributed by atoms with E-state index in [1.165, 1.54) is 16.5 Å². The molecule has 1 aromatic carbocycles. The molecule has 0 saturated heterocycles. The molecule has 2 heteroatoms.